The Balaban J connectivity index is 2.01. The van der Waals surface area contributed by atoms with Crippen LogP contribution in [0.5, 0.6) is 0 Å². The Bertz CT molecular complexity index is 855. The third-order valence-electron chi connectivity index (χ3n) is 3.23. The zero-order valence-electron chi connectivity index (χ0n) is 12.6. The highest BCUT2D eigenvalue weighted by Crippen LogP contribution is 2.25. The van der Waals surface area contributed by atoms with Crippen LogP contribution < -0.4 is 15.8 Å². The molecule has 0 spiro atoms. The van der Waals surface area contributed by atoms with Crippen LogP contribution in [0.15, 0.2) is 47.4 Å². The summed E-state index contributed by atoms with van der Waals surface area (Å²) >= 11 is 11.7. The Morgan fingerprint density at radius 1 is 1.08 bits per heavy atom. The second-order valence-electron chi connectivity index (χ2n) is 5.06. The maximum absolute atomic E-state index is 12.0. The molecule has 0 fully saturated rings. The number of hydrogen-bond donors (Lipinski definition) is 3. The lowest BCUT2D eigenvalue weighted by Gasteiger charge is -2.15. The first-order chi connectivity index (χ1) is 11.2. The van der Waals surface area contributed by atoms with Gasteiger partial charge < -0.3 is 10.6 Å². The number of primary sulfonamides is 1. The van der Waals surface area contributed by atoms with Crippen LogP contribution in [0.2, 0.25) is 10.0 Å². The van der Waals surface area contributed by atoms with Gasteiger partial charge in [0.1, 0.15) is 0 Å². The minimum atomic E-state index is -3.74. The van der Waals surface area contributed by atoms with Gasteiger partial charge in [0.2, 0.25) is 10.0 Å². The van der Waals surface area contributed by atoms with Gasteiger partial charge >= 0.3 is 6.03 Å². The molecule has 0 saturated carbocycles. The molecule has 6 nitrogen and oxygen atoms in total. The van der Waals surface area contributed by atoms with Crippen LogP contribution in [0, 0.1) is 0 Å². The topological polar surface area (TPSA) is 101 Å². The summed E-state index contributed by atoms with van der Waals surface area (Å²) in [6.45, 7) is 1.76. The van der Waals surface area contributed by atoms with Gasteiger partial charge in [-0.15, -0.1) is 0 Å². The first kappa shape index (κ1) is 18.5. The molecule has 1 unspecified atom stereocenters. The minimum absolute atomic E-state index is 0.0127. The number of sulfonamides is 1. The molecule has 4 N–H and O–H groups in total. The van der Waals surface area contributed by atoms with E-state index in [9.17, 15) is 13.2 Å². The number of rotatable bonds is 4. The molecule has 24 heavy (non-hydrogen) atoms. The van der Waals surface area contributed by atoms with Crippen LogP contribution in [0.25, 0.3) is 0 Å². The number of carbonyl (C=O) groups excluding carboxylic acids is 1. The van der Waals surface area contributed by atoms with Gasteiger partial charge in [0.15, 0.2) is 0 Å². The van der Waals surface area contributed by atoms with Gasteiger partial charge in [-0.25, -0.2) is 18.4 Å². The monoisotopic (exact) mass is 387 g/mol. The first-order valence-electron chi connectivity index (χ1n) is 6.82. The van der Waals surface area contributed by atoms with Crippen molar-refractivity contribution in [2.45, 2.75) is 17.9 Å². The van der Waals surface area contributed by atoms with Gasteiger partial charge in [-0.2, -0.15) is 0 Å². The van der Waals surface area contributed by atoms with E-state index in [1.807, 2.05) is 0 Å². The number of hydrogen-bond acceptors (Lipinski definition) is 3. The largest absolute Gasteiger partial charge is 0.331 e. The van der Waals surface area contributed by atoms with Crippen LogP contribution >= 0.6 is 23.2 Å². The second-order valence-corrected chi connectivity index (χ2v) is 7.44. The first-order valence-corrected chi connectivity index (χ1v) is 9.12. The number of nitrogens with two attached hydrogens (primary N) is 1. The highest BCUT2D eigenvalue weighted by Gasteiger charge is 2.12. The van der Waals surface area contributed by atoms with Crippen molar-refractivity contribution in [3.05, 3.63) is 58.1 Å². The van der Waals surface area contributed by atoms with Crippen molar-refractivity contribution in [3.63, 3.8) is 0 Å². The fourth-order valence-corrected chi connectivity index (χ4v) is 2.78. The molecule has 0 saturated heterocycles. The summed E-state index contributed by atoms with van der Waals surface area (Å²) in [4.78, 5) is 12.0. The Labute approximate surface area is 150 Å². The van der Waals surface area contributed by atoms with Crippen LogP contribution in [-0.4, -0.2) is 14.4 Å². The molecule has 9 heteroatoms. The molecule has 0 aliphatic carbocycles. The van der Waals surface area contributed by atoms with Crippen LogP contribution in [0.1, 0.15) is 18.5 Å². The zero-order valence-corrected chi connectivity index (χ0v) is 14.9. The lowest BCUT2D eigenvalue weighted by atomic mass is 10.1. The quantitative estimate of drug-likeness (QED) is 0.747. The van der Waals surface area contributed by atoms with Gasteiger partial charge in [0, 0.05) is 5.69 Å². The highest BCUT2D eigenvalue weighted by atomic mass is 35.5. The Morgan fingerprint density at radius 3 is 2.25 bits per heavy atom. The molecule has 2 amide bonds. The third kappa shape index (κ3) is 4.85. The van der Waals surface area contributed by atoms with Crippen LogP contribution in [0.4, 0.5) is 10.5 Å². The van der Waals surface area contributed by atoms with Gasteiger partial charge in [0.05, 0.1) is 21.0 Å². The van der Waals surface area contributed by atoms with E-state index in [1.54, 1.807) is 31.2 Å². The number of amides is 2. The predicted octanol–water partition coefficient (Wildman–Crippen LogP) is 3.52. The van der Waals surface area contributed by atoms with Gasteiger partial charge in [-0.1, -0.05) is 35.3 Å². The molecule has 0 aliphatic heterocycles. The summed E-state index contributed by atoms with van der Waals surface area (Å²) in [5, 5.41) is 11.1. The van der Waals surface area contributed by atoms with E-state index >= 15 is 0 Å². The smallest absolute Gasteiger partial charge is 0.319 e. The normalized spacial score (nSPS) is 12.5. The van der Waals surface area contributed by atoms with Crippen LogP contribution in [-0.2, 0) is 10.0 Å². The van der Waals surface area contributed by atoms with Crippen molar-refractivity contribution in [1.82, 2.24) is 5.32 Å². The number of carbonyl (C=O) groups is 1. The molecule has 0 aliphatic rings. The molecule has 0 bridgehead atoms. The van der Waals surface area contributed by atoms with E-state index in [2.05, 4.69) is 10.6 Å². The maximum atomic E-state index is 12.0. The maximum Gasteiger partial charge on any atom is 0.319 e. The molecule has 0 aromatic heterocycles. The average Bonchev–Trinajstić information content (AvgIpc) is 2.50. The molecule has 2 aromatic rings. The zero-order chi connectivity index (χ0) is 17.9. The number of halogens is 2. The lowest BCUT2D eigenvalue weighted by molar-refractivity contribution is 0.249. The predicted molar refractivity (Wildman–Crippen MR) is 94.8 cm³/mol. The summed E-state index contributed by atoms with van der Waals surface area (Å²) in [6, 6.07) is 9.91. The fraction of sp³-hybridized carbons (Fsp3) is 0.133. The van der Waals surface area contributed by atoms with Crippen molar-refractivity contribution in [2.24, 2.45) is 5.14 Å². The molecule has 0 radical (unpaired) electrons. The molecule has 2 rings (SSSR count). The van der Waals surface area contributed by atoms with Gasteiger partial charge in [-0.3, -0.25) is 0 Å². The molecular formula is C15H15Cl2N3O3S. The van der Waals surface area contributed by atoms with Crippen molar-refractivity contribution >= 4 is 44.9 Å². The van der Waals surface area contributed by atoms with E-state index < -0.39 is 16.1 Å². The number of urea groups is 1. The summed E-state index contributed by atoms with van der Waals surface area (Å²) in [7, 11) is -3.74. The van der Waals surface area contributed by atoms with Gasteiger partial charge in [0.25, 0.3) is 0 Å². The van der Waals surface area contributed by atoms with E-state index in [0.717, 1.165) is 5.56 Å². The molecular weight excluding hydrogens is 373 g/mol. The molecule has 1 atom stereocenters. The second kappa shape index (κ2) is 7.40. The summed E-state index contributed by atoms with van der Waals surface area (Å²) in [5.74, 6) is 0. The SMILES string of the molecule is CC(NC(=O)Nc1ccc(Cl)c(Cl)c1)c1ccc(S(N)(=O)=O)cc1. The Hall–Kier alpha value is -1.80. The van der Waals surface area contributed by atoms with E-state index in [-0.39, 0.29) is 10.9 Å². The Kier molecular flexibility index (Phi) is 5.71. The minimum Gasteiger partial charge on any atom is -0.331 e. The number of nitrogens with one attached hydrogen (secondary N) is 2. The number of anilines is 1. The average molecular weight is 388 g/mol. The van der Waals surface area contributed by atoms with Crippen LogP contribution in [0.3, 0.4) is 0 Å². The molecule has 0 heterocycles. The Morgan fingerprint density at radius 2 is 1.71 bits per heavy atom. The summed E-state index contributed by atoms with van der Waals surface area (Å²) in [5.41, 5.74) is 1.23. The van der Waals surface area contributed by atoms with E-state index in [1.165, 1.54) is 18.2 Å². The van der Waals surface area contributed by atoms with Gasteiger partial charge in [-0.05, 0) is 42.8 Å². The van der Waals surface area contributed by atoms with Crippen molar-refractivity contribution in [2.75, 3.05) is 5.32 Å². The van der Waals surface area contributed by atoms with Crippen molar-refractivity contribution in [3.8, 4) is 0 Å². The fourth-order valence-electron chi connectivity index (χ4n) is 1.97. The van der Waals surface area contributed by atoms with Crippen molar-refractivity contribution < 1.29 is 13.2 Å². The summed E-state index contributed by atoms with van der Waals surface area (Å²) < 4.78 is 22.4. The van der Waals surface area contributed by atoms with Crippen molar-refractivity contribution in [1.29, 1.82) is 0 Å². The molecule has 2 aromatic carbocycles. The standard InChI is InChI=1S/C15H15Cl2N3O3S/c1-9(10-2-5-12(6-3-10)24(18,22)23)19-15(21)20-11-4-7-13(16)14(17)8-11/h2-9H,1H3,(H2,18,22,23)(H2,19,20,21). The lowest BCUT2D eigenvalue weighted by Crippen LogP contribution is -2.31. The summed E-state index contributed by atoms with van der Waals surface area (Å²) in [6.07, 6.45) is 0. The van der Waals surface area contributed by atoms with E-state index in [0.29, 0.717) is 15.7 Å². The molecule has 128 valence electrons. The number of benzene rings is 2. The third-order valence-corrected chi connectivity index (χ3v) is 4.90. The van der Waals surface area contributed by atoms with E-state index in [4.69, 9.17) is 28.3 Å². The highest BCUT2D eigenvalue weighted by molar-refractivity contribution is 7.89.